The van der Waals surface area contributed by atoms with E-state index in [4.69, 9.17) is 0 Å². The van der Waals surface area contributed by atoms with Crippen molar-refractivity contribution in [3.63, 3.8) is 0 Å². The lowest BCUT2D eigenvalue weighted by molar-refractivity contribution is -0.677. The summed E-state index contributed by atoms with van der Waals surface area (Å²) < 4.78 is 2.41. The van der Waals surface area contributed by atoms with Crippen molar-refractivity contribution in [1.82, 2.24) is 4.57 Å². The van der Waals surface area contributed by atoms with E-state index in [9.17, 15) is 0 Å². The summed E-state index contributed by atoms with van der Waals surface area (Å²) in [7, 11) is 0. The highest BCUT2D eigenvalue weighted by Crippen LogP contribution is 2.43. The molecule has 242 valence electrons. The molecule has 10 aromatic rings. The zero-order valence-electron chi connectivity index (χ0n) is 28.4. The SMILES string of the molecule is c1ccc([NH+]2c3ccccc3-c3cc(-c4cccc5c(-c6ccc7c(c6)c6ccccc6n7-c6ccc7ccccc7c6)cccc45)ccc32)cc1. The topological polar surface area (TPSA) is 9.37 Å². The van der Waals surface area contributed by atoms with Crippen LogP contribution in [-0.2, 0) is 0 Å². The molecule has 52 heavy (non-hydrogen) atoms. The largest absolute Gasteiger partial charge is 0.309 e. The minimum atomic E-state index is 1.18. The van der Waals surface area contributed by atoms with Crippen molar-refractivity contribution in [3.8, 4) is 39.1 Å². The lowest BCUT2D eigenvalue weighted by Gasteiger charge is -2.15. The smallest absolute Gasteiger partial charge is 0.149 e. The molecule has 0 bridgehead atoms. The van der Waals surface area contributed by atoms with E-state index in [0.29, 0.717) is 0 Å². The summed E-state index contributed by atoms with van der Waals surface area (Å²) in [5, 5.41) is 7.55. The van der Waals surface area contributed by atoms with Crippen molar-refractivity contribution in [2.45, 2.75) is 0 Å². The van der Waals surface area contributed by atoms with Crippen LogP contribution in [0, 0.1) is 0 Å². The van der Waals surface area contributed by atoms with Gasteiger partial charge in [0.25, 0.3) is 0 Å². The molecular weight excluding hydrogens is 629 g/mol. The van der Waals surface area contributed by atoms with Crippen LogP contribution in [0.4, 0.5) is 17.1 Å². The molecule has 1 unspecified atom stereocenters. The first-order chi connectivity index (χ1) is 25.8. The average molecular weight is 662 g/mol. The van der Waals surface area contributed by atoms with Gasteiger partial charge in [-0.2, -0.15) is 0 Å². The van der Waals surface area contributed by atoms with Crippen LogP contribution in [0.25, 0.3) is 82.4 Å². The van der Waals surface area contributed by atoms with Gasteiger partial charge < -0.3 is 4.57 Å². The van der Waals surface area contributed by atoms with E-state index in [1.165, 1.54) is 104 Å². The van der Waals surface area contributed by atoms with Crippen LogP contribution >= 0.6 is 0 Å². The molecule has 1 aliphatic rings. The molecule has 0 fully saturated rings. The summed E-state index contributed by atoms with van der Waals surface area (Å²) in [5.41, 5.74) is 15.0. The standard InChI is InChI=1S/C50H32N2/c1-2-14-37(15-3-1)51-47-22-8-6-16-43(47)45-31-35(25-28-49(45)51)39-18-10-21-42-40(19-11-20-41(39)42)36-26-29-50-46(32-36)44-17-7-9-23-48(44)52(50)38-27-24-33-12-4-5-13-34(33)30-38/h1-32H/p+1. The van der Waals surface area contributed by atoms with E-state index in [0.717, 1.165) is 0 Å². The summed E-state index contributed by atoms with van der Waals surface area (Å²) in [6, 6.07) is 71.4. The van der Waals surface area contributed by atoms with E-state index >= 15 is 0 Å². The van der Waals surface area contributed by atoms with Gasteiger partial charge in [0.15, 0.2) is 0 Å². The fourth-order valence-corrected chi connectivity index (χ4v) is 8.70. The molecule has 0 amide bonds. The van der Waals surface area contributed by atoms with Gasteiger partial charge in [-0.25, -0.2) is 4.90 Å². The van der Waals surface area contributed by atoms with Crippen LogP contribution in [0.5, 0.6) is 0 Å². The Kier molecular flexibility index (Phi) is 6.36. The zero-order chi connectivity index (χ0) is 34.2. The molecule has 9 aromatic carbocycles. The number of para-hydroxylation sites is 3. The monoisotopic (exact) mass is 661 g/mol. The number of quaternary nitrogens is 1. The van der Waals surface area contributed by atoms with Gasteiger partial charge in [0, 0.05) is 34.2 Å². The van der Waals surface area contributed by atoms with Gasteiger partial charge in [-0.05, 0) is 104 Å². The van der Waals surface area contributed by atoms with Crippen molar-refractivity contribution in [2.24, 2.45) is 0 Å². The number of benzene rings is 9. The van der Waals surface area contributed by atoms with Crippen LogP contribution in [0.1, 0.15) is 0 Å². The van der Waals surface area contributed by atoms with Crippen LogP contribution in [0.3, 0.4) is 0 Å². The molecule has 0 radical (unpaired) electrons. The van der Waals surface area contributed by atoms with E-state index in [2.05, 4.69) is 199 Å². The third-order valence-electron chi connectivity index (χ3n) is 11.0. The van der Waals surface area contributed by atoms with Crippen molar-refractivity contribution in [1.29, 1.82) is 0 Å². The average Bonchev–Trinajstić information content (AvgIpc) is 3.73. The predicted octanol–water partition coefficient (Wildman–Crippen LogP) is 12.6. The van der Waals surface area contributed by atoms with E-state index in [1.54, 1.807) is 0 Å². The molecule has 1 aliphatic heterocycles. The van der Waals surface area contributed by atoms with E-state index in [-0.39, 0.29) is 0 Å². The maximum atomic E-state index is 2.41. The number of nitrogens with one attached hydrogen (secondary N) is 1. The Morgan fingerprint density at radius 1 is 0.327 bits per heavy atom. The van der Waals surface area contributed by atoms with Crippen LogP contribution in [0.15, 0.2) is 194 Å². The third kappa shape index (κ3) is 4.35. The maximum Gasteiger partial charge on any atom is 0.149 e. The molecule has 2 heteroatoms. The van der Waals surface area contributed by atoms with Gasteiger partial charge >= 0.3 is 0 Å². The minimum absolute atomic E-state index is 1.18. The third-order valence-corrected chi connectivity index (χ3v) is 11.0. The highest BCUT2D eigenvalue weighted by Gasteiger charge is 2.33. The predicted molar refractivity (Wildman–Crippen MR) is 218 cm³/mol. The summed E-state index contributed by atoms with van der Waals surface area (Å²) in [6.45, 7) is 0. The van der Waals surface area contributed by atoms with E-state index < -0.39 is 0 Å². The Bertz CT molecular complexity index is 3020. The fourth-order valence-electron chi connectivity index (χ4n) is 8.70. The van der Waals surface area contributed by atoms with Crippen LogP contribution < -0.4 is 4.90 Å². The van der Waals surface area contributed by atoms with Crippen molar-refractivity contribution >= 4 is 60.4 Å². The van der Waals surface area contributed by atoms with Crippen molar-refractivity contribution in [2.75, 3.05) is 0 Å². The Morgan fingerprint density at radius 3 is 1.79 bits per heavy atom. The van der Waals surface area contributed by atoms with Gasteiger partial charge in [-0.1, -0.05) is 121 Å². The Labute approximate surface area is 302 Å². The highest BCUT2D eigenvalue weighted by atomic mass is 15.2. The lowest BCUT2D eigenvalue weighted by atomic mass is 9.91. The molecule has 0 aliphatic carbocycles. The molecule has 11 rings (SSSR count). The number of nitrogens with zero attached hydrogens (tertiary/aromatic N) is 1. The number of aromatic nitrogens is 1. The Balaban J connectivity index is 1.05. The number of fused-ring (bicyclic) bond motifs is 8. The quantitative estimate of drug-likeness (QED) is 0.192. The lowest BCUT2D eigenvalue weighted by Crippen LogP contribution is -2.95. The van der Waals surface area contributed by atoms with Crippen molar-refractivity contribution in [3.05, 3.63) is 194 Å². The molecule has 2 nitrogen and oxygen atoms in total. The Hall–Kier alpha value is -6.74. The second kappa shape index (κ2) is 11.4. The maximum absolute atomic E-state index is 2.41. The fraction of sp³-hybridized carbons (Fsp3) is 0. The summed E-state index contributed by atoms with van der Waals surface area (Å²) in [6.07, 6.45) is 0. The molecule has 2 heterocycles. The summed E-state index contributed by atoms with van der Waals surface area (Å²) >= 11 is 0. The van der Waals surface area contributed by atoms with E-state index in [1.807, 2.05) is 0 Å². The minimum Gasteiger partial charge on any atom is -0.309 e. The van der Waals surface area contributed by atoms with Gasteiger partial charge in [-0.3, -0.25) is 0 Å². The van der Waals surface area contributed by atoms with Gasteiger partial charge in [0.05, 0.1) is 16.6 Å². The number of hydrogen-bond donors (Lipinski definition) is 1. The first-order valence-electron chi connectivity index (χ1n) is 18.0. The molecule has 1 atom stereocenters. The van der Waals surface area contributed by atoms with Crippen LogP contribution in [0.2, 0.25) is 0 Å². The highest BCUT2D eigenvalue weighted by molar-refractivity contribution is 6.12. The molecule has 0 spiro atoms. The Morgan fingerprint density at radius 2 is 0.942 bits per heavy atom. The molecule has 1 aromatic heterocycles. The molecular formula is C50H33N2+. The zero-order valence-corrected chi connectivity index (χ0v) is 28.4. The normalized spacial score (nSPS) is 13.6. The second-order valence-corrected chi connectivity index (χ2v) is 13.9. The summed E-state index contributed by atoms with van der Waals surface area (Å²) in [4.78, 5) is 1.32. The van der Waals surface area contributed by atoms with Gasteiger partial charge in [0.1, 0.15) is 17.1 Å². The first-order valence-corrected chi connectivity index (χ1v) is 18.0. The molecule has 0 saturated heterocycles. The second-order valence-electron chi connectivity index (χ2n) is 13.9. The molecule has 0 saturated carbocycles. The van der Waals surface area contributed by atoms with Crippen LogP contribution in [-0.4, -0.2) is 4.57 Å². The first kappa shape index (κ1) is 29.0. The summed E-state index contributed by atoms with van der Waals surface area (Å²) in [5.74, 6) is 0. The molecule has 1 N–H and O–H groups in total. The van der Waals surface area contributed by atoms with Gasteiger partial charge in [-0.15, -0.1) is 0 Å². The number of hydrogen-bond acceptors (Lipinski definition) is 0. The number of rotatable bonds is 4. The van der Waals surface area contributed by atoms with Gasteiger partial charge in [0.2, 0.25) is 0 Å². The van der Waals surface area contributed by atoms with Crippen molar-refractivity contribution < 1.29 is 4.90 Å².